The minimum atomic E-state index is 0.0377. The second-order valence-corrected chi connectivity index (χ2v) is 26.1. The maximum atomic E-state index is 2.63. The zero-order valence-corrected chi connectivity index (χ0v) is 53.9. The summed E-state index contributed by atoms with van der Waals surface area (Å²) in [5, 5.41) is 2.50. The molecule has 0 aliphatic heterocycles. The second-order valence-electron chi connectivity index (χ2n) is 26.1. The van der Waals surface area contributed by atoms with Gasteiger partial charge in [0.15, 0.2) is 0 Å². The van der Waals surface area contributed by atoms with Crippen molar-refractivity contribution in [3.63, 3.8) is 0 Å². The molecule has 0 amide bonds. The van der Waals surface area contributed by atoms with E-state index in [2.05, 4.69) is 268 Å². The molecule has 2 nitrogen and oxygen atoms in total. The molecule has 1 aromatic heterocycles. The number of benzene rings is 10. The van der Waals surface area contributed by atoms with Gasteiger partial charge < -0.3 is 9.47 Å². The normalized spacial score (nSPS) is 12.4. The Labute approximate surface area is 533 Å². The van der Waals surface area contributed by atoms with E-state index < -0.39 is 0 Å². The molecule has 0 bridgehead atoms. The van der Waals surface area contributed by atoms with E-state index in [1.54, 1.807) is 11.1 Å². The zero-order chi connectivity index (χ0) is 60.8. The van der Waals surface area contributed by atoms with Crippen molar-refractivity contribution in [1.82, 2.24) is 4.57 Å². The molecule has 2 heteroatoms. The Balaban J connectivity index is 0.810. The lowest BCUT2D eigenvalue weighted by Gasteiger charge is -2.33. The van der Waals surface area contributed by atoms with Crippen molar-refractivity contribution in [1.29, 1.82) is 0 Å². The lowest BCUT2D eigenvalue weighted by atomic mass is 9.70. The Morgan fingerprint density at radius 2 is 0.697 bits per heavy atom. The van der Waals surface area contributed by atoms with Gasteiger partial charge in [-0.15, -0.1) is 0 Å². The van der Waals surface area contributed by atoms with Crippen LogP contribution in [-0.4, -0.2) is 4.57 Å². The number of anilines is 3. The molecule has 1 aliphatic rings. The van der Waals surface area contributed by atoms with Crippen LogP contribution in [0.4, 0.5) is 17.1 Å². The van der Waals surface area contributed by atoms with Crippen LogP contribution in [0.2, 0.25) is 0 Å². The van der Waals surface area contributed by atoms with E-state index in [4.69, 9.17) is 0 Å². The van der Waals surface area contributed by atoms with Gasteiger partial charge in [-0.3, -0.25) is 0 Å². The van der Waals surface area contributed by atoms with Gasteiger partial charge in [0.25, 0.3) is 0 Å². The van der Waals surface area contributed by atoms with Crippen molar-refractivity contribution in [2.45, 2.75) is 174 Å². The molecular formula is C87H94N2. The van der Waals surface area contributed by atoms with Gasteiger partial charge in [0.1, 0.15) is 0 Å². The molecule has 12 rings (SSSR count). The Bertz CT molecular complexity index is 4040. The monoisotopic (exact) mass is 1170 g/mol. The number of aryl methyl sites for hydroxylation is 2. The van der Waals surface area contributed by atoms with Crippen LogP contribution < -0.4 is 4.90 Å². The summed E-state index contributed by atoms with van der Waals surface area (Å²) in [7, 11) is 0. The molecule has 1 aliphatic carbocycles. The van der Waals surface area contributed by atoms with E-state index in [9.17, 15) is 0 Å². The third-order valence-corrected chi connectivity index (χ3v) is 19.7. The fraction of sp³-hybridized carbons (Fsp3) is 0.310. The number of unbranched alkanes of at least 4 members (excludes halogenated alkanes) is 18. The molecule has 0 radical (unpaired) electrons. The van der Waals surface area contributed by atoms with Gasteiger partial charge >= 0.3 is 0 Å². The van der Waals surface area contributed by atoms with E-state index in [1.807, 2.05) is 0 Å². The highest BCUT2D eigenvalue weighted by Crippen LogP contribution is 2.55. The van der Waals surface area contributed by atoms with Crippen LogP contribution in [0.15, 0.2) is 231 Å². The summed E-state index contributed by atoms with van der Waals surface area (Å²) in [5.74, 6) is 0. The van der Waals surface area contributed by atoms with Gasteiger partial charge in [-0.25, -0.2) is 0 Å². The fourth-order valence-corrected chi connectivity index (χ4v) is 14.8. The Kier molecular flexibility index (Phi) is 20.2. The van der Waals surface area contributed by atoms with Gasteiger partial charge in [-0.05, 0) is 172 Å². The molecule has 0 saturated heterocycles. The number of rotatable bonds is 30. The Hall–Kier alpha value is -8.20. The lowest BCUT2D eigenvalue weighted by molar-refractivity contribution is 0.397. The summed E-state index contributed by atoms with van der Waals surface area (Å²) in [4.78, 5) is 2.42. The smallest absolute Gasteiger partial charge is 0.0541 e. The summed E-state index contributed by atoms with van der Waals surface area (Å²) >= 11 is 0. The van der Waals surface area contributed by atoms with Gasteiger partial charge in [0.05, 0.1) is 11.0 Å². The quantitative estimate of drug-likeness (QED) is 0.0408. The summed E-state index contributed by atoms with van der Waals surface area (Å²) in [6.45, 7) is 9.13. The molecule has 0 atom stereocenters. The minimum Gasteiger partial charge on any atom is -0.311 e. The molecule has 0 unspecified atom stereocenters. The fourth-order valence-electron chi connectivity index (χ4n) is 14.8. The maximum absolute atomic E-state index is 2.63. The summed E-state index contributed by atoms with van der Waals surface area (Å²) in [6.07, 6.45) is 29.8. The number of para-hydroxylation sites is 1. The topological polar surface area (TPSA) is 8.17 Å². The largest absolute Gasteiger partial charge is 0.311 e. The first-order chi connectivity index (χ1) is 43.9. The number of aromatic nitrogens is 1. The van der Waals surface area contributed by atoms with Crippen LogP contribution in [-0.2, 0) is 5.41 Å². The van der Waals surface area contributed by atoms with E-state index in [-0.39, 0.29) is 5.41 Å². The van der Waals surface area contributed by atoms with Crippen LogP contribution in [0.1, 0.15) is 177 Å². The summed E-state index contributed by atoms with van der Waals surface area (Å²) < 4.78 is 2.43. The highest BCUT2D eigenvalue weighted by Gasteiger charge is 2.42. The average molecular weight is 1170 g/mol. The highest BCUT2D eigenvalue weighted by molar-refractivity contribution is 6.10. The molecule has 0 N–H and O–H groups in total. The molecule has 10 aromatic carbocycles. The number of hydrogen-bond donors (Lipinski definition) is 0. The molecular weight excluding hydrogens is 1070 g/mol. The molecule has 0 saturated carbocycles. The SMILES string of the molecule is CCCCCCCCCCCCC1(CCCCCCCCCCCC)c2cc(C)ccc2-c2ccc(-c3ccc(N(c4ccc(C)cc4)c4ccc(-c5ccc6c(c5)c5ccccc5n6-c5cccc(-c6cccc(-c7ccccc7)c6)c5)cc4)cc3)cc21. The van der Waals surface area contributed by atoms with Crippen LogP contribution >= 0.6 is 0 Å². The first-order valence-corrected chi connectivity index (χ1v) is 34.5. The van der Waals surface area contributed by atoms with Crippen molar-refractivity contribution >= 4 is 38.9 Å². The predicted molar refractivity (Wildman–Crippen MR) is 386 cm³/mol. The predicted octanol–water partition coefficient (Wildman–Crippen LogP) is 26.4. The van der Waals surface area contributed by atoms with E-state index in [0.717, 1.165) is 22.7 Å². The highest BCUT2D eigenvalue weighted by atomic mass is 15.1. The van der Waals surface area contributed by atoms with Gasteiger partial charge in [-0.1, -0.05) is 305 Å². The Morgan fingerprint density at radius 3 is 1.29 bits per heavy atom. The molecule has 89 heavy (non-hydrogen) atoms. The van der Waals surface area contributed by atoms with Crippen LogP contribution in [0.3, 0.4) is 0 Å². The molecule has 452 valence electrons. The van der Waals surface area contributed by atoms with Crippen molar-refractivity contribution in [3.05, 3.63) is 253 Å². The number of fused-ring (bicyclic) bond motifs is 6. The summed E-state index contributed by atoms with van der Waals surface area (Å²) in [6, 6.07) is 87.0. The molecule has 0 spiro atoms. The average Bonchev–Trinajstić information content (AvgIpc) is 1.61. The lowest BCUT2D eigenvalue weighted by Crippen LogP contribution is -2.25. The zero-order valence-electron chi connectivity index (χ0n) is 53.9. The third-order valence-electron chi connectivity index (χ3n) is 19.7. The first-order valence-electron chi connectivity index (χ1n) is 34.5. The van der Waals surface area contributed by atoms with E-state index in [0.29, 0.717) is 0 Å². The molecule has 0 fully saturated rings. The van der Waals surface area contributed by atoms with Crippen LogP contribution in [0, 0.1) is 13.8 Å². The van der Waals surface area contributed by atoms with Crippen LogP contribution in [0.5, 0.6) is 0 Å². The number of hydrogen-bond acceptors (Lipinski definition) is 1. The third kappa shape index (κ3) is 14.0. The Morgan fingerprint density at radius 1 is 0.292 bits per heavy atom. The van der Waals surface area contributed by atoms with E-state index >= 15 is 0 Å². The van der Waals surface area contributed by atoms with Crippen molar-refractivity contribution in [2.24, 2.45) is 0 Å². The van der Waals surface area contributed by atoms with Crippen LogP contribution in [0.25, 0.3) is 83.1 Å². The van der Waals surface area contributed by atoms with Gasteiger partial charge in [0.2, 0.25) is 0 Å². The summed E-state index contributed by atoms with van der Waals surface area (Å²) in [5.41, 5.74) is 25.6. The first kappa shape index (κ1) is 61.1. The van der Waals surface area contributed by atoms with Crippen molar-refractivity contribution in [3.8, 4) is 61.3 Å². The minimum absolute atomic E-state index is 0.0377. The van der Waals surface area contributed by atoms with Crippen molar-refractivity contribution < 1.29 is 0 Å². The van der Waals surface area contributed by atoms with Gasteiger partial charge in [-0.2, -0.15) is 0 Å². The molecule has 11 aromatic rings. The van der Waals surface area contributed by atoms with Gasteiger partial charge in [0, 0.05) is 38.9 Å². The standard InChI is InChI=1S/C87H94N2/c1-5-7-9-11-13-15-17-19-21-28-58-87(59-29-22-20-18-16-14-12-10-8-6-2)83-60-66(4)42-55-79(83)80-56-47-74(64-84(80)87)69-45-53-77(54-46-69)88(75-49-40-65(3)41-50-75)76-51-43-68(44-52-76)73-48-57-86-82(63-73)81-38-26-27-39-85(81)89(86)78-37-31-36-72(62-78)71-35-30-34-70(61-71)67-32-24-23-25-33-67/h23-27,30-57,60-64H,5-22,28-29,58-59H2,1-4H3. The maximum Gasteiger partial charge on any atom is 0.0541 e. The molecule has 1 heterocycles. The number of nitrogens with zero attached hydrogens (tertiary/aromatic N) is 2. The van der Waals surface area contributed by atoms with E-state index in [1.165, 1.54) is 230 Å². The second kappa shape index (κ2) is 29.4. The van der Waals surface area contributed by atoms with Crippen molar-refractivity contribution in [2.75, 3.05) is 4.90 Å².